The molecule has 0 aliphatic carbocycles. The van der Waals surface area contributed by atoms with E-state index in [1.165, 1.54) is 17.0 Å². The van der Waals surface area contributed by atoms with E-state index in [-0.39, 0.29) is 12.5 Å². The van der Waals surface area contributed by atoms with Crippen LogP contribution < -0.4 is 0 Å². The number of halogens is 3. The van der Waals surface area contributed by atoms with Crippen molar-refractivity contribution in [2.45, 2.75) is 26.6 Å². The average Bonchev–Trinajstić information content (AvgIpc) is 3.00. The van der Waals surface area contributed by atoms with Gasteiger partial charge < -0.3 is 4.90 Å². The highest BCUT2D eigenvalue weighted by Gasteiger charge is 2.30. The number of carbonyl (C=O) groups is 1. The fraction of sp³-hybridized carbons (Fsp3) is 0.217. The van der Waals surface area contributed by atoms with Crippen molar-refractivity contribution in [3.8, 4) is 5.69 Å². The largest absolute Gasteiger partial charge is 0.416 e. The number of rotatable bonds is 5. The number of alkyl halides is 3. The lowest BCUT2D eigenvalue weighted by molar-refractivity contribution is -0.137. The van der Waals surface area contributed by atoms with E-state index in [9.17, 15) is 18.0 Å². The third-order valence-electron chi connectivity index (χ3n) is 4.79. The summed E-state index contributed by atoms with van der Waals surface area (Å²) in [5.74, 6) is -0.307. The van der Waals surface area contributed by atoms with Gasteiger partial charge in [0.1, 0.15) is 0 Å². The first kappa shape index (κ1) is 21.4. The molecule has 0 N–H and O–H groups in total. The second kappa shape index (κ2) is 8.57. The molecule has 0 aliphatic heterocycles. The molecule has 7 heteroatoms. The minimum Gasteiger partial charge on any atom is -0.338 e. The number of hydrogen-bond acceptors (Lipinski definition) is 2. The monoisotopic (exact) mass is 413 g/mol. The van der Waals surface area contributed by atoms with Gasteiger partial charge in [0.15, 0.2) is 0 Å². The van der Waals surface area contributed by atoms with E-state index in [2.05, 4.69) is 5.10 Å². The van der Waals surface area contributed by atoms with Crippen LogP contribution in [0, 0.1) is 13.8 Å². The lowest BCUT2D eigenvalue weighted by Gasteiger charge is -2.16. The number of likely N-dealkylation sites (N-methyl/N-ethyl adjacent to an activating group) is 1. The molecule has 0 radical (unpaired) electrons. The van der Waals surface area contributed by atoms with Crippen LogP contribution in [0.5, 0.6) is 0 Å². The Kier molecular flexibility index (Phi) is 6.10. The molecule has 0 aliphatic rings. The van der Waals surface area contributed by atoms with Gasteiger partial charge in [0.2, 0.25) is 5.91 Å². The van der Waals surface area contributed by atoms with Crippen LogP contribution in [0.3, 0.4) is 0 Å². The number of nitrogens with zero attached hydrogens (tertiary/aromatic N) is 3. The first-order chi connectivity index (χ1) is 14.2. The predicted molar refractivity (Wildman–Crippen MR) is 110 cm³/mol. The molecule has 1 aromatic heterocycles. The molecule has 0 spiro atoms. The van der Waals surface area contributed by atoms with Crippen LogP contribution >= 0.6 is 0 Å². The molecule has 0 fully saturated rings. The normalized spacial score (nSPS) is 11.8. The van der Waals surface area contributed by atoms with Crippen LogP contribution in [0.15, 0.2) is 60.7 Å². The Balaban J connectivity index is 1.74. The summed E-state index contributed by atoms with van der Waals surface area (Å²) < 4.78 is 40.4. The highest BCUT2D eigenvalue weighted by molar-refractivity contribution is 5.91. The summed E-state index contributed by atoms with van der Waals surface area (Å²) in [6.07, 6.45) is -1.30. The molecule has 0 unspecified atom stereocenters. The summed E-state index contributed by atoms with van der Waals surface area (Å²) in [6.45, 7) is 3.86. The van der Waals surface area contributed by atoms with Crippen molar-refractivity contribution in [1.82, 2.24) is 14.7 Å². The maximum Gasteiger partial charge on any atom is 0.416 e. The number of benzene rings is 2. The van der Waals surface area contributed by atoms with Gasteiger partial charge >= 0.3 is 6.18 Å². The van der Waals surface area contributed by atoms with Gasteiger partial charge in [-0.05, 0) is 49.8 Å². The number of para-hydroxylation sites is 1. The summed E-state index contributed by atoms with van der Waals surface area (Å²) in [6, 6.07) is 14.7. The second-order valence-electron chi connectivity index (χ2n) is 7.06. The zero-order chi connectivity index (χ0) is 21.9. The molecule has 4 nitrogen and oxygen atoms in total. The standard InChI is InChI=1S/C23H22F3N3O/c1-16-21(17(2)29(27-16)20-10-5-4-6-11-20)12-13-22(30)28(3)15-18-8-7-9-19(14-18)23(24,25)26/h4-14H,15H2,1-3H3/b13-12+. The van der Waals surface area contributed by atoms with Crippen molar-refractivity contribution in [3.05, 3.63) is 88.8 Å². The van der Waals surface area contributed by atoms with Gasteiger partial charge in [0, 0.05) is 30.9 Å². The molecule has 1 heterocycles. The highest BCUT2D eigenvalue weighted by Crippen LogP contribution is 2.29. The van der Waals surface area contributed by atoms with Crippen LogP contribution in [0.4, 0.5) is 13.2 Å². The van der Waals surface area contributed by atoms with Gasteiger partial charge in [-0.15, -0.1) is 0 Å². The molecule has 0 saturated carbocycles. The number of aryl methyl sites for hydroxylation is 1. The molecule has 156 valence electrons. The quantitative estimate of drug-likeness (QED) is 0.541. The summed E-state index contributed by atoms with van der Waals surface area (Å²) in [7, 11) is 1.56. The Morgan fingerprint density at radius 1 is 1.10 bits per heavy atom. The molecule has 0 bridgehead atoms. The molecule has 0 atom stereocenters. The van der Waals surface area contributed by atoms with Gasteiger partial charge in [-0.2, -0.15) is 18.3 Å². The van der Waals surface area contributed by atoms with Gasteiger partial charge in [0.05, 0.1) is 16.9 Å². The highest BCUT2D eigenvalue weighted by atomic mass is 19.4. The van der Waals surface area contributed by atoms with E-state index in [0.29, 0.717) is 5.56 Å². The zero-order valence-corrected chi connectivity index (χ0v) is 16.9. The maximum absolute atomic E-state index is 12.9. The van der Waals surface area contributed by atoms with Crippen molar-refractivity contribution in [1.29, 1.82) is 0 Å². The van der Waals surface area contributed by atoms with E-state index in [1.807, 2.05) is 48.9 Å². The van der Waals surface area contributed by atoms with Gasteiger partial charge in [-0.25, -0.2) is 4.68 Å². The topological polar surface area (TPSA) is 38.1 Å². The van der Waals surface area contributed by atoms with E-state index in [0.717, 1.165) is 34.8 Å². The predicted octanol–water partition coefficient (Wildman–Crippen LogP) is 5.18. The molecule has 0 saturated heterocycles. The minimum absolute atomic E-state index is 0.0777. The summed E-state index contributed by atoms with van der Waals surface area (Å²) >= 11 is 0. The average molecular weight is 413 g/mol. The Hall–Kier alpha value is -3.35. The zero-order valence-electron chi connectivity index (χ0n) is 16.9. The SMILES string of the molecule is Cc1nn(-c2ccccc2)c(C)c1/C=C/C(=O)N(C)Cc1cccc(C(F)(F)F)c1. The number of aromatic nitrogens is 2. The Labute approximate surface area is 173 Å². The molecule has 1 amide bonds. The fourth-order valence-corrected chi connectivity index (χ4v) is 3.20. The summed E-state index contributed by atoms with van der Waals surface area (Å²) in [5.41, 5.74) is 3.11. The molecular formula is C23H22F3N3O. The van der Waals surface area contributed by atoms with Crippen LogP contribution in [0.2, 0.25) is 0 Å². The second-order valence-corrected chi connectivity index (χ2v) is 7.06. The maximum atomic E-state index is 12.9. The smallest absolute Gasteiger partial charge is 0.338 e. The first-order valence-corrected chi connectivity index (χ1v) is 9.38. The van der Waals surface area contributed by atoms with E-state index < -0.39 is 11.7 Å². The minimum atomic E-state index is -4.41. The third-order valence-corrected chi connectivity index (χ3v) is 4.79. The number of hydrogen-bond donors (Lipinski definition) is 0. The van der Waals surface area contributed by atoms with Crippen molar-refractivity contribution in [3.63, 3.8) is 0 Å². The molecule has 2 aromatic carbocycles. The first-order valence-electron chi connectivity index (χ1n) is 9.38. The summed E-state index contributed by atoms with van der Waals surface area (Å²) in [5, 5.41) is 4.54. The molecule has 3 rings (SSSR count). The Morgan fingerprint density at radius 3 is 2.47 bits per heavy atom. The van der Waals surface area contributed by atoms with Gasteiger partial charge in [-0.3, -0.25) is 4.79 Å². The van der Waals surface area contributed by atoms with Crippen LogP contribution in [0.25, 0.3) is 11.8 Å². The Bertz CT molecular complexity index is 1070. The van der Waals surface area contributed by atoms with Crippen LogP contribution in [-0.2, 0) is 17.5 Å². The van der Waals surface area contributed by atoms with E-state index >= 15 is 0 Å². The van der Waals surface area contributed by atoms with Gasteiger partial charge in [-0.1, -0.05) is 30.3 Å². The molecule has 30 heavy (non-hydrogen) atoms. The van der Waals surface area contributed by atoms with Crippen molar-refractivity contribution >= 4 is 12.0 Å². The Morgan fingerprint density at radius 2 is 1.80 bits per heavy atom. The van der Waals surface area contributed by atoms with E-state index in [4.69, 9.17) is 0 Å². The molecule has 3 aromatic rings. The molecular weight excluding hydrogens is 391 g/mol. The number of carbonyl (C=O) groups excluding carboxylic acids is 1. The van der Waals surface area contributed by atoms with Gasteiger partial charge in [0.25, 0.3) is 0 Å². The van der Waals surface area contributed by atoms with Crippen molar-refractivity contribution in [2.24, 2.45) is 0 Å². The van der Waals surface area contributed by atoms with E-state index in [1.54, 1.807) is 19.2 Å². The fourth-order valence-electron chi connectivity index (χ4n) is 3.20. The lowest BCUT2D eigenvalue weighted by Crippen LogP contribution is -2.24. The summed E-state index contributed by atoms with van der Waals surface area (Å²) in [4.78, 5) is 13.9. The van der Waals surface area contributed by atoms with Crippen molar-refractivity contribution < 1.29 is 18.0 Å². The lowest BCUT2D eigenvalue weighted by atomic mass is 10.1. The van der Waals surface area contributed by atoms with Crippen LogP contribution in [0.1, 0.15) is 28.1 Å². The van der Waals surface area contributed by atoms with Crippen molar-refractivity contribution in [2.75, 3.05) is 7.05 Å². The number of amides is 1. The van der Waals surface area contributed by atoms with Crippen LogP contribution in [-0.4, -0.2) is 27.6 Å². The third kappa shape index (κ3) is 4.79.